The number of hydrogen-bond acceptors (Lipinski definition) is 2. The van der Waals surface area contributed by atoms with E-state index < -0.39 is 0 Å². The zero-order valence-corrected chi connectivity index (χ0v) is 9.34. The van der Waals surface area contributed by atoms with Gasteiger partial charge in [0.25, 0.3) is 0 Å². The number of nitrogens with one attached hydrogen (secondary N) is 1. The van der Waals surface area contributed by atoms with Gasteiger partial charge < -0.3 is 10.2 Å². The molecule has 0 aliphatic heterocycles. The fourth-order valence-corrected chi connectivity index (χ4v) is 1.84. The van der Waals surface area contributed by atoms with Crippen LogP contribution in [0.15, 0.2) is 0 Å². The van der Waals surface area contributed by atoms with Crippen molar-refractivity contribution >= 4 is 0 Å². The Hall–Kier alpha value is -0.0800. The van der Waals surface area contributed by atoms with Gasteiger partial charge in [-0.25, -0.2) is 0 Å². The maximum absolute atomic E-state index is 3.35. The average Bonchev–Trinajstić information content (AvgIpc) is 2.95. The number of nitrogens with zero attached hydrogens (tertiary/aromatic N) is 1. The molecule has 0 bridgehead atoms. The summed E-state index contributed by atoms with van der Waals surface area (Å²) in [5, 5.41) is 3.35. The van der Waals surface area contributed by atoms with Crippen LogP contribution in [0.4, 0.5) is 0 Å². The van der Waals surface area contributed by atoms with Gasteiger partial charge in [0.1, 0.15) is 0 Å². The maximum atomic E-state index is 3.35. The van der Waals surface area contributed by atoms with Gasteiger partial charge in [-0.3, -0.25) is 0 Å². The van der Waals surface area contributed by atoms with Crippen LogP contribution >= 0.6 is 0 Å². The zero-order valence-electron chi connectivity index (χ0n) is 9.34. The minimum absolute atomic E-state index is 0.729. The Bertz CT molecular complexity index is 126. The van der Waals surface area contributed by atoms with Gasteiger partial charge >= 0.3 is 0 Å². The lowest BCUT2D eigenvalue weighted by Gasteiger charge is -2.18. The van der Waals surface area contributed by atoms with Crippen molar-refractivity contribution in [3.05, 3.63) is 0 Å². The predicted molar refractivity (Wildman–Crippen MR) is 58.0 cm³/mol. The Morgan fingerprint density at radius 2 is 2.15 bits per heavy atom. The van der Waals surface area contributed by atoms with Crippen molar-refractivity contribution in [2.75, 3.05) is 20.6 Å². The van der Waals surface area contributed by atoms with E-state index in [1.807, 2.05) is 0 Å². The minimum atomic E-state index is 0.729. The molecule has 0 aromatic carbocycles. The lowest BCUT2D eigenvalue weighted by atomic mass is 10.1. The van der Waals surface area contributed by atoms with Crippen molar-refractivity contribution in [3.63, 3.8) is 0 Å². The maximum Gasteiger partial charge on any atom is 0.00933 e. The SMILES string of the molecule is CCC(CCCN(C)C1CC1)NC. The smallest absolute Gasteiger partial charge is 0.00933 e. The second kappa shape index (κ2) is 5.61. The van der Waals surface area contributed by atoms with Gasteiger partial charge in [-0.15, -0.1) is 0 Å². The van der Waals surface area contributed by atoms with Crippen LogP contribution in [0, 0.1) is 0 Å². The van der Waals surface area contributed by atoms with Gasteiger partial charge in [0.2, 0.25) is 0 Å². The fraction of sp³-hybridized carbons (Fsp3) is 1.00. The van der Waals surface area contributed by atoms with Crippen molar-refractivity contribution < 1.29 is 0 Å². The molecule has 0 amide bonds. The van der Waals surface area contributed by atoms with Gasteiger partial charge in [0.15, 0.2) is 0 Å². The highest BCUT2D eigenvalue weighted by Crippen LogP contribution is 2.25. The standard InChI is InChI=1S/C11H24N2/c1-4-10(12-2)6-5-9-13(3)11-7-8-11/h10-12H,4-9H2,1-3H3. The molecule has 1 saturated carbocycles. The Kier molecular flexibility index (Phi) is 4.74. The summed E-state index contributed by atoms with van der Waals surface area (Å²) >= 11 is 0. The van der Waals surface area contributed by atoms with E-state index in [0.717, 1.165) is 12.1 Å². The van der Waals surface area contributed by atoms with Crippen LogP contribution in [-0.4, -0.2) is 37.6 Å². The van der Waals surface area contributed by atoms with E-state index in [4.69, 9.17) is 0 Å². The first-order valence-corrected chi connectivity index (χ1v) is 5.65. The van der Waals surface area contributed by atoms with Crippen molar-refractivity contribution in [3.8, 4) is 0 Å². The lowest BCUT2D eigenvalue weighted by molar-refractivity contribution is 0.307. The fourth-order valence-electron chi connectivity index (χ4n) is 1.84. The van der Waals surface area contributed by atoms with Crippen LogP contribution in [0.25, 0.3) is 0 Å². The molecule has 0 heterocycles. The van der Waals surface area contributed by atoms with E-state index in [1.165, 1.54) is 38.6 Å². The predicted octanol–water partition coefficient (Wildman–Crippen LogP) is 1.86. The Morgan fingerprint density at radius 1 is 1.46 bits per heavy atom. The molecule has 0 spiro atoms. The third-order valence-corrected chi connectivity index (χ3v) is 3.13. The highest BCUT2D eigenvalue weighted by molar-refractivity contribution is 4.82. The normalized spacial score (nSPS) is 19.4. The second-order valence-electron chi connectivity index (χ2n) is 4.25. The molecule has 2 nitrogen and oxygen atoms in total. The summed E-state index contributed by atoms with van der Waals surface area (Å²) in [6.07, 6.45) is 6.78. The van der Waals surface area contributed by atoms with Crippen LogP contribution in [0.3, 0.4) is 0 Å². The highest BCUT2D eigenvalue weighted by atomic mass is 15.1. The van der Waals surface area contributed by atoms with Crippen molar-refractivity contribution in [1.29, 1.82) is 0 Å². The van der Waals surface area contributed by atoms with Crippen LogP contribution in [0.5, 0.6) is 0 Å². The molecule has 1 unspecified atom stereocenters. The van der Waals surface area contributed by atoms with Gasteiger partial charge in [0.05, 0.1) is 0 Å². The molecule has 0 saturated heterocycles. The molecule has 0 aromatic heterocycles. The molecule has 13 heavy (non-hydrogen) atoms. The molecule has 2 heteroatoms. The Balaban J connectivity index is 1.98. The van der Waals surface area contributed by atoms with Gasteiger partial charge in [-0.1, -0.05) is 6.92 Å². The molecule has 0 radical (unpaired) electrons. The first-order valence-electron chi connectivity index (χ1n) is 5.65. The lowest BCUT2D eigenvalue weighted by Crippen LogP contribution is -2.27. The molecular formula is C11H24N2. The van der Waals surface area contributed by atoms with Crippen LogP contribution in [0.2, 0.25) is 0 Å². The van der Waals surface area contributed by atoms with Gasteiger partial charge in [-0.05, 0) is 52.7 Å². The molecular weight excluding hydrogens is 160 g/mol. The molecule has 78 valence electrons. The molecule has 1 aliphatic rings. The van der Waals surface area contributed by atoms with E-state index in [-0.39, 0.29) is 0 Å². The summed E-state index contributed by atoms with van der Waals surface area (Å²) in [6.45, 7) is 3.54. The molecule has 1 aliphatic carbocycles. The van der Waals surface area contributed by atoms with Gasteiger partial charge in [-0.2, -0.15) is 0 Å². The number of hydrogen-bond donors (Lipinski definition) is 1. The molecule has 1 atom stereocenters. The topological polar surface area (TPSA) is 15.3 Å². The molecule has 0 aromatic rings. The van der Waals surface area contributed by atoms with Crippen molar-refractivity contribution in [1.82, 2.24) is 10.2 Å². The summed E-state index contributed by atoms with van der Waals surface area (Å²) in [4.78, 5) is 2.52. The van der Waals surface area contributed by atoms with Crippen molar-refractivity contribution in [2.24, 2.45) is 0 Å². The molecule has 1 fully saturated rings. The summed E-state index contributed by atoms with van der Waals surface area (Å²) in [6, 6.07) is 1.65. The monoisotopic (exact) mass is 184 g/mol. The first-order chi connectivity index (χ1) is 6.27. The van der Waals surface area contributed by atoms with Crippen LogP contribution < -0.4 is 5.32 Å². The van der Waals surface area contributed by atoms with Crippen LogP contribution in [0.1, 0.15) is 39.0 Å². The highest BCUT2D eigenvalue weighted by Gasteiger charge is 2.25. The van der Waals surface area contributed by atoms with E-state index in [1.54, 1.807) is 0 Å². The second-order valence-corrected chi connectivity index (χ2v) is 4.25. The quantitative estimate of drug-likeness (QED) is 0.649. The first kappa shape index (κ1) is 11.0. The average molecular weight is 184 g/mol. The van der Waals surface area contributed by atoms with Crippen molar-refractivity contribution in [2.45, 2.75) is 51.1 Å². The van der Waals surface area contributed by atoms with Gasteiger partial charge in [0, 0.05) is 12.1 Å². The third kappa shape index (κ3) is 4.10. The number of rotatable bonds is 7. The van der Waals surface area contributed by atoms with E-state index in [9.17, 15) is 0 Å². The minimum Gasteiger partial charge on any atom is -0.317 e. The summed E-state index contributed by atoms with van der Waals surface area (Å²) in [7, 11) is 4.33. The van der Waals surface area contributed by atoms with Crippen LogP contribution in [-0.2, 0) is 0 Å². The zero-order chi connectivity index (χ0) is 9.68. The molecule has 1 N–H and O–H groups in total. The summed E-state index contributed by atoms with van der Waals surface area (Å²) < 4.78 is 0. The van der Waals surface area contributed by atoms with E-state index >= 15 is 0 Å². The Labute approximate surface area is 82.7 Å². The summed E-state index contributed by atoms with van der Waals surface area (Å²) in [5.74, 6) is 0. The third-order valence-electron chi connectivity index (χ3n) is 3.13. The molecule has 1 rings (SSSR count). The van der Waals surface area contributed by atoms with E-state index in [2.05, 4.69) is 31.2 Å². The Morgan fingerprint density at radius 3 is 2.62 bits per heavy atom. The largest absolute Gasteiger partial charge is 0.317 e. The van der Waals surface area contributed by atoms with E-state index in [0.29, 0.717) is 0 Å². The summed E-state index contributed by atoms with van der Waals surface area (Å²) in [5.41, 5.74) is 0.